The number of anilines is 1. The number of Topliss-reactive ketones (excluding diaryl/α,β-unsaturated/α-hetero) is 1. The summed E-state index contributed by atoms with van der Waals surface area (Å²) in [6, 6.07) is 11.2. The average molecular weight is 412 g/mol. The number of methoxy groups -OCH3 is 1. The highest BCUT2D eigenvalue weighted by molar-refractivity contribution is 7.15. The van der Waals surface area contributed by atoms with Crippen LogP contribution in [0.2, 0.25) is 0 Å². The third-order valence-corrected chi connectivity index (χ3v) is 5.82. The fraction of sp³-hybridized carbons (Fsp3) is 0.158. The smallest absolute Gasteiger partial charge is 0.250 e. The van der Waals surface area contributed by atoms with Gasteiger partial charge >= 0.3 is 0 Å². The molecule has 0 aliphatic carbocycles. The molecule has 0 aliphatic rings. The van der Waals surface area contributed by atoms with E-state index in [2.05, 4.69) is 15.4 Å². The number of nitrogens with zero attached hydrogens (tertiary/aromatic N) is 3. The molecule has 0 fully saturated rings. The molecule has 0 saturated heterocycles. The SMILES string of the molecule is COc1ccc(-c2csc3nc(NC(=O)CCC(=O)c4cccs4)nn23)cc1. The van der Waals surface area contributed by atoms with E-state index in [4.69, 9.17) is 4.74 Å². The number of ketones is 1. The molecule has 28 heavy (non-hydrogen) atoms. The first-order valence-electron chi connectivity index (χ1n) is 8.49. The van der Waals surface area contributed by atoms with Crippen LogP contribution in [0.3, 0.4) is 0 Å². The van der Waals surface area contributed by atoms with Gasteiger partial charge in [-0.15, -0.1) is 27.8 Å². The van der Waals surface area contributed by atoms with Crippen molar-refractivity contribution in [3.8, 4) is 17.0 Å². The zero-order chi connectivity index (χ0) is 19.5. The average Bonchev–Trinajstić information content (AvgIpc) is 3.43. The van der Waals surface area contributed by atoms with Gasteiger partial charge in [-0.1, -0.05) is 6.07 Å². The Hall–Kier alpha value is -3.04. The largest absolute Gasteiger partial charge is 0.497 e. The lowest BCUT2D eigenvalue weighted by molar-refractivity contribution is -0.116. The molecule has 0 aliphatic heterocycles. The number of ether oxygens (including phenoxy) is 1. The lowest BCUT2D eigenvalue weighted by atomic mass is 10.2. The third-order valence-electron chi connectivity index (χ3n) is 4.09. The summed E-state index contributed by atoms with van der Waals surface area (Å²) in [6.07, 6.45) is 0.251. The normalized spacial score (nSPS) is 10.9. The van der Waals surface area contributed by atoms with Gasteiger partial charge in [-0.25, -0.2) is 4.52 Å². The van der Waals surface area contributed by atoms with E-state index in [0.717, 1.165) is 17.0 Å². The first-order chi connectivity index (χ1) is 13.6. The van der Waals surface area contributed by atoms with Gasteiger partial charge in [0, 0.05) is 23.8 Å². The van der Waals surface area contributed by atoms with Gasteiger partial charge in [0.15, 0.2) is 5.78 Å². The van der Waals surface area contributed by atoms with Crippen LogP contribution in [0.1, 0.15) is 22.5 Å². The zero-order valence-corrected chi connectivity index (χ0v) is 16.5. The van der Waals surface area contributed by atoms with Gasteiger partial charge in [-0.3, -0.25) is 14.9 Å². The molecule has 9 heteroatoms. The molecule has 0 unspecified atom stereocenters. The maximum atomic E-state index is 12.2. The Labute approximate surface area is 168 Å². The van der Waals surface area contributed by atoms with Crippen molar-refractivity contribution >= 4 is 45.3 Å². The maximum absolute atomic E-state index is 12.2. The molecule has 4 aromatic rings. The number of thiazole rings is 1. The Bertz CT molecular complexity index is 1110. The van der Waals surface area contributed by atoms with E-state index in [0.29, 0.717) is 9.84 Å². The van der Waals surface area contributed by atoms with Gasteiger partial charge in [-0.2, -0.15) is 4.98 Å². The summed E-state index contributed by atoms with van der Waals surface area (Å²) < 4.78 is 6.88. The van der Waals surface area contributed by atoms with Crippen molar-refractivity contribution in [3.05, 3.63) is 52.0 Å². The summed E-state index contributed by atoms with van der Waals surface area (Å²) in [4.78, 5) is 29.8. The lowest BCUT2D eigenvalue weighted by Crippen LogP contribution is -2.14. The fourth-order valence-electron chi connectivity index (χ4n) is 2.67. The molecule has 0 saturated carbocycles. The van der Waals surface area contributed by atoms with Crippen LogP contribution < -0.4 is 10.1 Å². The molecule has 7 nitrogen and oxygen atoms in total. The molecule has 3 aromatic heterocycles. The summed E-state index contributed by atoms with van der Waals surface area (Å²) in [6.45, 7) is 0. The topological polar surface area (TPSA) is 85.6 Å². The van der Waals surface area contributed by atoms with Crippen molar-refractivity contribution in [1.29, 1.82) is 0 Å². The second-order valence-electron chi connectivity index (χ2n) is 5.93. The number of hydrogen-bond acceptors (Lipinski definition) is 7. The van der Waals surface area contributed by atoms with Crippen LogP contribution in [-0.2, 0) is 4.79 Å². The predicted octanol–water partition coefficient (Wildman–Crippen LogP) is 4.13. The predicted molar refractivity (Wildman–Crippen MR) is 109 cm³/mol. The van der Waals surface area contributed by atoms with Crippen LogP contribution in [0.25, 0.3) is 16.2 Å². The summed E-state index contributed by atoms with van der Waals surface area (Å²) >= 11 is 2.81. The van der Waals surface area contributed by atoms with Gasteiger partial charge in [0.05, 0.1) is 17.7 Å². The molecule has 0 radical (unpaired) electrons. The fourth-order valence-corrected chi connectivity index (χ4v) is 4.19. The maximum Gasteiger partial charge on any atom is 0.250 e. The highest BCUT2D eigenvalue weighted by atomic mass is 32.1. The van der Waals surface area contributed by atoms with Crippen molar-refractivity contribution in [3.63, 3.8) is 0 Å². The summed E-state index contributed by atoms with van der Waals surface area (Å²) in [7, 11) is 1.62. The molecule has 1 aromatic carbocycles. The monoisotopic (exact) mass is 412 g/mol. The van der Waals surface area contributed by atoms with Crippen molar-refractivity contribution in [2.75, 3.05) is 12.4 Å². The second-order valence-corrected chi connectivity index (χ2v) is 7.71. The van der Waals surface area contributed by atoms with E-state index in [1.165, 1.54) is 22.7 Å². The van der Waals surface area contributed by atoms with Crippen LogP contribution in [0.5, 0.6) is 5.75 Å². The Kier molecular flexibility index (Phi) is 5.18. The van der Waals surface area contributed by atoms with E-state index in [-0.39, 0.29) is 30.5 Å². The minimum absolute atomic E-state index is 0.0364. The molecular formula is C19H16N4O3S2. The Balaban J connectivity index is 1.44. The van der Waals surface area contributed by atoms with Crippen LogP contribution in [0, 0.1) is 0 Å². The summed E-state index contributed by atoms with van der Waals surface area (Å²) in [5.41, 5.74) is 1.85. The van der Waals surface area contributed by atoms with E-state index < -0.39 is 0 Å². The third kappa shape index (κ3) is 3.80. The molecular weight excluding hydrogens is 396 g/mol. The van der Waals surface area contributed by atoms with E-state index in [1.54, 1.807) is 17.7 Å². The van der Waals surface area contributed by atoms with Gasteiger partial charge in [-0.05, 0) is 35.7 Å². The van der Waals surface area contributed by atoms with Gasteiger partial charge in [0.1, 0.15) is 5.75 Å². The molecule has 4 rings (SSSR count). The first kappa shape index (κ1) is 18.3. The quantitative estimate of drug-likeness (QED) is 0.461. The lowest BCUT2D eigenvalue weighted by Gasteiger charge is -2.02. The molecule has 3 heterocycles. The Morgan fingerprint density at radius 1 is 1.14 bits per heavy atom. The number of hydrogen-bond donors (Lipinski definition) is 1. The van der Waals surface area contributed by atoms with Gasteiger partial charge < -0.3 is 4.74 Å². The summed E-state index contributed by atoms with van der Waals surface area (Å²) in [5.74, 6) is 0.689. The van der Waals surface area contributed by atoms with Crippen LogP contribution >= 0.6 is 22.7 Å². The molecule has 0 bridgehead atoms. The van der Waals surface area contributed by atoms with Gasteiger partial charge in [0.2, 0.25) is 16.8 Å². The highest BCUT2D eigenvalue weighted by Crippen LogP contribution is 2.27. The number of thiophene rings is 1. The first-order valence-corrected chi connectivity index (χ1v) is 10.3. The number of amides is 1. The van der Waals surface area contributed by atoms with E-state index >= 15 is 0 Å². The van der Waals surface area contributed by atoms with E-state index in [1.807, 2.05) is 41.1 Å². The molecule has 1 N–H and O–H groups in total. The highest BCUT2D eigenvalue weighted by Gasteiger charge is 2.15. The van der Waals surface area contributed by atoms with Crippen LogP contribution in [-0.4, -0.2) is 33.4 Å². The minimum atomic E-state index is -0.283. The van der Waals surface area contributed by atoms with Crippen LogP contribution in [0.4, 0.5) is 5.95 Å². The van der Waals surface area contributed by atoms with Gasteiger partial charge in [0.25, 0.3) is 0 Å². The molecule has 0 spiro atoms. The second kappa shape index (κ2) is 7.91. The molecule has 1 amide bonds. The number of carbonyl (C=O) groups is 2. The zero-order valence-electron chi connectivity index (χ0n) is 14.9. The molecule has 142 valence electrons. The number of rotatable bonds is 7. The Morgan fingerprint density at radius 2 is 1.96 bits per heavy atom. The van der Waals surface area contributed by atoms with E-state index in [9.17, 15) is 9.59 Å². The summed E-state index contributed by atoms with van der Waals surface area (Å²) in [5, 5.41) is 10.9. The molecule has 0 atom stereocenters. The number of fused-ring (bicyclic) bond motifs is 1. The van der Waals surface area contributed by atoms with Crippen molar-refractivity contribution < 1.29 is 14.3 Å². The van der Waals surface area contributed by atoms with Crippen molar-refractivity contribution in [1.82, 2.24) is 14.6 Å². The number of nitrogens with one attached hydrogen (secondary N) is 1. The van der Waals surface area contributed by atoms with Crippen molar-refractivity contribution in [2.24, 2.45) is 0 Å². The number of carbonyl (C=O) groups excluding carboxylic acids is 2. The standard InChI is InChI=1S/C19H16N4O3S2/c1-26-13-6-4-12(5-7-13)14-11-28-19-21-18(22-23(14)19)20-17(25)9-8-15(24)16-3-2-10-27-16/h2-7,10-11H,8-9H2,1H3,(H,20,22,25). The number of aromatic nitrogens is 3. The van der Waals surface area contributed by atoms with Crippen LogP contribution in [0.15, 0.2) is 47.2 Å². The van der Waals surface area contributed by atoms with Crippen molar-refractivity contribution in [2.45, 2.75) is 12.8 Å². The Morgan fingerprint density at radius 3 is 2.68 bits per heavy atom. The number of benzene rings is 1. The minimum Gasteiger partial charge on any atom is -0.497 e.